The molecular formula is CH9N5. The molecule has 0 radical (unpaired) electrons. The van der Waals surface area contributed by atoms with Crippen LogP contribution in [0.1, 0.15) is 0 Å². The second-order valence-corrected chi connectivity index (χ2v) is 1.08. The van der Waals surface area contributed by atoms with Gasteiger partial charge in [-0.2, -0.15) is 0 Å². The molecule has 0 saturated carbocycles. The summed E-state index contributed by atoms with van der Waals surface area (Å²) in [5.74, 6) is 3.25. The summed E-state index contributed by atoms with van der Waals surface area (Å²) in [5, 5.41) is 0. The first-order valence-corrected chi connectivity index (χ1v) is 1.40. The van der Waals surface area contributed by atoms with Gasteiger partial charge in [0, 0.05) is 0 Å². The third kappa shape index (κ3) is 3.80. The molecule has 5 heteroatoms. The number of hydrogen-bond acceptors (Lipinski definition) is 5. The molecular weight excluding hydrogens is 82.0 g/mol. The first-order chi connectivity index (χ1) is 2.56. The lowest BCUT2D eigenvalue weighted by Crippen LogP contribution is -2.70. The quantitative estimate of drug-likeness (QED) is 0.133. The number of hydrazine groups is 1. The first kappa shape index (κ1) is 5.80. The Labute approximate surface area is 35.6 Å². The van der Waals surface area contributed by atoms with Crippen molar-refractivity contribution >= 4 is 0 Å². The van der Waals surface area contributed by atoms with Gasteiger partial charge in [0.15, 0.2) is 5.91 Å². The van der Waals surface area contributed by atoms with Crippen molar-refractivity contribution < 1.29 is 0 Å². The monoisotopic (exact) mass is 91.1 g/mol. The molecule has 6 heavy (non-hydrogen) atoms. The molecule has 0 aromatic rings. The molecule has 0 amide bonds. The van der Waals surface area contributed by atoms with Gasteiger partial charge >= 0.3 is 0 Å². The van der Waals surface area contributed by atoms with E-state index in [1.807, 2.05) is 5.43 Å². The van der Waals surface area contributed by atoms with Crippen LogP contribution in [0.25, 0.3) is 0 Å². The van der Waals surface area contributed by atoms with Crippen LogP contribution in [0.15, 0.2) is 0 Å². The van der Waals surface area contributed by atoms with E-state index < -0.39 is 5.91 Å². The molecule has 0 rings (SSSR count). The van der Waals surface area contributed by atoms with Crippen LogP contribution < -0.4 is 28.5 Å². The van der Waals surface area contributed by atoms with Gasteiger partial charge in [-0.1, -0.05) is 0 Å². The normalized spacial score (nSPS) is 12.0. The Kier molecular flexibility index (Phi) is 1.45. The van der Waals surface area contributed by atoms with Crippen molar-refractivity contribution in [2.75, 3.05) is 0 Å². The lowest BCUT2D eigenvalue weighted by molar-refractivity contribution is 0.368. The van der Waals surface area contributed by atoms with Gasteiger partial charge in [-0.25, -0.2) is 5.43 Å². The van der Waals surface area contributed by atoms with E-state index in [1.165, 1.54) is 0 Å². The van der Waals surface area contributed by atoms with Crippen LogP contribution in [-0.2, 0) is 0 Å². The Morgan fingerprint density at radius 3 is 1.33 bits per heavy atom. The van der Waals surface area contributed by atoms with Crippen molar-refractivity contribution in [3.63, 3.8) is 0 Å². The third-order valence-corrected chi connectivity index (χ3v) is 0.250. The highest BCUT2D eigenvalue weighted by Gasteiger charge is 2.03. The zero-order valence-corrected chi connectivity index (χ0v) is 3.31. The number of hydrogen-bond donors (Lipinski definition) is 5. The molecule has 0 aliphatic rings. The van der Waals surface area contributed by atoms with Crippen LogP contribution in [0, 0.1) is 0 Å². The fraction of sp³-hybridized carbons (Fsp3) is 1.00. The molecule has 0 spiro atoms. The van der Waals surface area contributed by atoms with Crippen molar-refractivity contribution in [2.24, 2.45) is 23.0 Å². The van der Waals surface area contributed by atoms with E-state index in [1.54, 1.807) is 0 Å². The Hall–Kier alpha value is -0.200. The molecule has 0 aliphatic carbocycles. The van der Waals surface area contributed by atoms with Gasteiger partial charge in [-0.3, -0.25) is 23.0 Å². The zero-order valence-electron chi connectivity index (χ0n) is 3.31. The van der Waals surface area contributed by atoms with E-state index in [0.717, 1.165) is 0 Å². The van der Waals surface area contributed by atoms with Crippen LogP contribution in [0.2, 0.25) is 0 Å². The van der Waals surface area contributed by atoms with E-state index >= 15 is 0 Å². The number of nitrogens with one attached hydrogen (secondary N) is 1. The Morgan fingerprint density at radius 1 is 1.17 bits per heavy atom. The van der Waals surface area contributed by atoms with Crippen molar-refractivity contribution in [1.29, 1.82) is 0 Å². The van der Waals surface area contributed by atoms with Gasteiger partial charge in [0.05, 0.1) is 0 Å². The van der Waals surface area contributed by atoms with E-state index in [2.05, 4.69) is 5.84 Å². The van der Waals surface area contributed by atoms with Crippen LogP contribution in [0.5, 0.6) is 0 Å². The summed E-state index contributed by atoms with van der Waals surface area (Å²) in [6.07, 6.45) is 0. The van der Waals surface area contributed by atoms with Crippen LogP contribution in [-0.4, -0.2) is 5.91 Å². The van der Waals surface area contributed by atoms with Gasteiger partial charge in [0.25, 0.3) is 0 Å². The summed E-state index contributed by atoms with van der Waals surface area (Å²) in [5.41, 5.74) is 16.5. The predicted molar refractivity (Wildman–Crippen MR) is 22.6 cm³/mol. The van der Waals surface area contributed by atoms with Crippen molar-refractivity contribution in [1.82, 2.24) is 5.43 Å². The second-order valence-electron chi connectivity index (χ2n) is 1.08. The lowest BCUT2D eigenvalue weighted by atomic mass is 10.8. The maximum Gasteiger partial charge on any atom is 0.186 e. The molecule has 0 aromatic heterocycles. The van der Waals surface area contributed by atoms with Gasteiger partial charge < -0.3 is 0 Å². The number of nitrogens with two attached hydrogens (primary N) is 4. The first-order valence-electron chi connectivity index (χ1n) is 1.40. The van der Waals surface area contributed by atoms with E-state index in [9.17, 15) is 0 Å². The van der Waals surface area contributed by atoms with Crippen molar-refractivity contribution in [3.05, 3.63) is 0 Å². The van der Waals surface area contributed by atoms with Crippen molar-refractivity contribution in [3.8, 4) is 0 Å². The summed E-state index contributed by atoms with van der Waals surface area (Å²) < 4.78 is 0. The molecule has 5 nitrogen and oxygen atoms in total. The number of rotatable bonds is 1. The smallest absolute Gasteiger partial charge is 0.186 e. The zero-order chi connectivity index (χ0) is 5.21. The predicted octanol–water partition coefficient (Wildman–Crippen LogP) is -3.06. The van der Waals surface area contributed by atoms with E-state index in [0.29, 0.717) is 0 Å². The van der Waals surface area contributed by atoms with E-state index in [-0.39, 0.29) is 0 Å². The van der Waals surface area contributed by atoms with E-state index in [4.69, 9.17) is 17.2 Å². The highest BCUT2D eigenvalue weighted by Crippen LogP contribution is 1.52. The average molecular weight is 91.1 g/mol. The highest BCUT2D eigenvalue weighted by atomic mass is 15.4. The third-order valence-electron chi connectivity index (χ3n) is 0.250. The second kappa shape index (κ2) is 1.50. The summed E-state index contributed by atoms with van der Waals surface area (Å²) in [4.78, 5) is 0. The standard InChI is InChI=1S/CH9N5/c2-1(3,4)6-5/h6H,2-5H2. The van der Waals surface area contributed by atoms with Gasteiger partial charge in [0.2, 0.25) is 0 Å². The summed E-state index contributed by atoms with van der Waals surface area (Å²) in [6.45, 7) is 0. The minimum atomic E-state index is -1.43. The Balaban J connectivity index is 3.17. The fourth-order valence-corrected chi connectivity index (χ4v) is 0. The summed E-state index contributed by atoms with van der Waals surface area (Å²) in [6, 6.07) is 0. The van der Waals surface area contributed by atoms with Crippen molar-refractivity contribution in [2.45, 2.75) is 5.91 Å². The molecule has 0 saturated heterocycles. The molecule has 0 heterocycles. The van der Waals surface area contributed by atoms with Gasteiger partial charge in [-0.15, -0.1) is 0 Å². The maximum atomic E-state index is 4.85. The topological polar surface area (TPSA) is 116 Å². The van der Waals surface area contributed by atoms with Crippen LogP contribution >= 0.6 is 0 Å². The molecule has 38 valence electrons. The molecule has 0 fully saturated rings. The largest absolute Gasteiger partial charge is 0.287 e. The van der Waals surface area contributed by atoms with Gasteiger partial charge in [-0.05, 0) is 0 Å². The Bertz CT molecular complexity index is 33.7. The summed E-state index contributed by atoms with van der Waals surface area (Å²) >= 11 is 0. The lowest BCUT2D eigenvalue weighted by Gasteiger charge is -2.14. The average Bonchev–Trinajstić information content (AvgIpc) is 1.35. The Morgan fingerprint density at radius 2 is 1.33 bits per heavy atom. The van der Waals surface area contributed by atoms with Crippen LogP contribution in [0.4, 0.5) is 0 Å². The molecule has 9 N–H and O–H groups in total. The maximum absolute atomic E-state index is 4.85. The molecule has 0 aliphatic heterocycles. The molecule has 0 unspecified atom stereocenters. The highest BCUT2D eigenvalue weighted by molar-refractivity contribution is 4.56. The van der Waals surface area contributed by atoms with Crippen LogP contribution in [0.3, 0.4) is 0 Å². The molecule has 0 aromatic carbocycles. The SMILES string of the molecule is NNC(N)(N)N. The molecule has 0 atom stereocenters. The fourth-order valence-electron chi connectivity index (χ4n) is 0. The minimum absolute atomic E-state index is 1.43. The summed E-state index contributed by atoms with van der Waals surface area (Å²) in [7, 11) is 0. The minimum Gasteiger partial charge on any atom is -0.287 e. The molecule has 0 bridgehead atoms. The van der Waals surface area contributed by atoms with Gasteiger partial charge in [0.1, 0.15) is 0 Å².